The maximum Gasteiger partial charge on any atom is 0.338 e. The number of rotatable bonds is 7. The first-order chi connectivity index (χ1) is 14.8. The first-order valence-corrected chi connectivity index (χ1v) is 11.6. The second-order valence-corrected chi connectivity index (χ2v) is 9.93. The zero-order valence-corrected chi connectivity index (χ0v) is 19.0. The fourth-order valence-electron chi connectivity index (χ4n) is 4.36. The van der Waals surface area contributed by atoms with Gasteiger partial charge >= 0.3 is 5.97 Å². The van der Waals surface area contributed by atoms with Crippen LogP contribution in [0.25, 0.3) is 0 Å². The van der Waals surface area contributed by atoms with E-state index >= 15 is 0 Å². The Balaban J connectivity index is 1.49. The lowest BCUT2D eigenvalue weighted by Gasteiger charge is -2.22. The predicted octanol–water partition coefficient (Wildman–Crippen LogP) is 4.52. The summed E-state index contributed by atoms with van der Waals surface area (Å²) >= 11 is 0. The molecule has 5 nitrogen and oxygen atoms in total. The maximum absolute atomic E-state index is 12.8. The van der Waals surface area contributed by atoms with Crippen molar-refractivity contribution < 1.29 is 9.53 Å². The Labute approximate surface area is 185 Å². The molecule has 2 heterocycles. The standard InChI is InChI=1S/C26H34N2O3/c1-26(2,3)31-25(30)21-8-6-19(7-9-21)14-17-28-23(18-27-15-4-5-16-27)22(20-10-11-20)12-13-24(28)29/h6-9,12-13,20H,4-5,10-11,14-18H2,1-3H3. The van der Waals surface area contributed by atoms with Crippen molar-refractivity contribution in [3.05, 3.63) is 69.1 Å². The third-order valence-corrected chi connectivity index (χ3v) is 6.13. The van der Waals surface area contributed by atoms with Gasteiger partial charge in [-0.25, -0.2) is 4.79 Å². The second kappa shape index (κ2) is 8.99. The first kappa shape index (κ1) is 21.8. The quantitative estimate of drug-likeness (QED) is 0.616. The van der Waals surface area contributed by atoms with Crippen LogP contribution >= 0.6 is 0 Å². The molecule has 2 fully saturated rings. The number of likely N-dealkylation sites (tertiary alicyclic amines) is 1. The van der Waals surface area contributed by atoms with E-state index in [1.807, 2.05) is 49.6 Å². The van der Waals surface area contributed by atoms with Crippen molar-refractivity contribution in [2.24, 2.45) is 0 Å². The van der Waals surface area contributed by atoms with Crippen LogP contribution in [0.15, 0.2) is 41.2 Å². The molecule has 0 amide bonds. The van der Waals surface area contributed by atoms with Crippen molar-refractivity contribution in [2.45, 2.75) is 77.5 Å². The second-order valence-electron chi connectivity index (χ2n) is 9.93. The number of carbonyl (C=O) groups is 1. The summed E-state index contributed by atoms with van der Waals surface area (Å²) in [6.07, 6.45) is 5.73. The number of carbonyl (C=O) groups excluding carboxylic acids is 1. The molecule has 0 spiro atoms. The number of benzene rings is 1. The first-order valence-electron chi connectivity index (χ1n) is 11.6. The minimum Gasteiger partial charge on any atom is -0.456 e. The Hall–Kier alpha value is -2.40. The molecule has 166 valence electrons. The normalized spacial score (nSPS) is 17.1. The predicted molar refractivity (Wildman–Crippen MR) is 123 cm³/mol. The molecule has 1 saturated carbocycles. The minimum absolute atomic E-state index is 0.0870. The highest BCUT2D eigenvalue weighted by Crippen LogP contribution is 2.41. The van der Waals surface area contributed by atoms with E-state index in [0.29, 0.717) is 18.0 Å². The van der Waals surface area contributed by atoms with Crippen molar-refractivity contribution in [1.29, 1.82) is 0 Å². The smallest absolute Gasteiger partial charge is 0.338 e. The van der Waals surface area contributed by atoms with E-state index in [9.17, 15) is 9.59 Å². The van der Waals surface area contributed by atoms with Gasteiger partial charge in [0.2, 0.25) is 0 Å². The lowest BCUT2D eigenvalue weighted by atomic mass is 10.1. The van der Waals surface area contributed by atoms with Gasteiger partial charge in [0.15, 0.2) is 0 Å². The molecule has 1 saturated heterocycles. The van der Waals surface area contributed by atoms with Crippen LogP contribution in [0.2, 0.25) is 0 Å². The molecule has 1 aromatic heterocycles. The van der Waals surface area contributed by atoms with Gasteiger partial charge in [0.25, 0.3) is 5.56 Å². The molecule has 2 aromatic rings. The lowest BCUT2D eigenvalue weighted by Crippen LogP contribution is -2.30. The topological polar surface area (TPSA) is 51.5 Å². The third-order valence-electron chi connectivity index (χ3n) is 6.13. The zero-order chi connectivity index (χ0) is 22.0. The lowest BCUT2D eigenvalue weighted by molar-refractivity contribution is 0.00695. The summed E-state index contributed by atoms with van der Waals surface area (Å²) in [7, 11) is 0. The molecule has 1 aromatic carbocycles. The van der Waals surface area contributed by atoms with Crippen molar-refractivity contribution in [3.8, 4) is 0 Å². The minimum atomic E-state index is -0.505. The Kier molecular flexibility index (Phi) is 6.33. The van der Waals surface area contributed by atoms with E-state index in [-0.39, 0.29) is 11.5 Å². The zero-order valence-electron chi connectivity index (χ0n) is 19.0. The molecule has 0 N–H and O–H groups in total. The number of nitrogens with zero attached hydrogens (tertiary/aromatic N) is 2. The van der Waals surface area contributed by atoms with Gasteiger partial charge in [-0.1, -0.05) is 18.2 Å². The summed E-state index contributed by atoms with van der Waals surface area (Å²) < 4.78 is 7.43. The summed E-state index contributed by atoms with van der Waals surface area (Å²) in [5.74, 6) is 0.317. The number of ether oxygens (including phenoxy) is 1. The SMILES string of the molecule is CC(C)(C)OC(=O)c1ccc(CCn2c(CN3CCCC3)c(C3CC3)ccc2=O)cc1. The van der Waals surface area contributed by atoms with Gasteiger partial charge in [0, 0.05) is 24.8 Å². The van der Waals surface area contributed by atoms with Crippen molar-refractivity contribution in [3.63, 3.8) is 0 Å². The molecular weight excluding hydrogens is 388 g/mol. The number of esters is 1. The summed E-state index contributed by atoms with van der Waals surface area (Å²) in [6.45, 7) is 9.39. The molecule has 0 unspecified atom stereocenters. The third kappa shape index (κ3) is 5.65. The van der Waals surface area contributed by atoms with E-state index in [4.69, 9.17) is 4.74 Å². The monoisotopic (exact) mass is 422 g/mol. The number of hydrogen-bond donors (Lipinski definition) is 0. The Morgan fingerprint density at radius 1 is 1.03 bits per heavy atom. The van der Waals surface area contributed by atoms with Gasteiger partial charge in [-0.2, -0.15) is 0 Å². The average molecular weight is 423 g/mol. The molecule has 0 bridgehead atoms. The molecule has 1 aliphatic heterocycles. The molecular formula is C26H34N2O3. The van der Waals surface area contributed by atoms with Gasteiger partial charge in [0.05, 0.1) is 5.56 Å². The summed E-state index contributed by atoms with van der Waals surface area (Å²) in [6, 6.07) is 11.4. The van der Waals surface area contributed by atoms with Crippen LogP contribution in [0.1, 0.15) is 79.6 Å². The highest BCUT2D eigenvalue weighted by molar-refractivity contribution is 5.89. The van der Waals surface area contributed by atoms with Crippen molar-refractivity contribution in [2.75, 3.05) is 13.1 Å². The molecule has 0 atom stereocenters. The highest BCUT2D eigenvalue weighted by atomic mass is 16.6. The van der Waals surface area contributed by atoms with Gasteiger partial charge in [0.1, 0.15) is 5.60 Å². The van der Waals surface area contributed by atoms with E-state index in [1.165, 1.54) is 36.9 Å². The van der Waals surface area contributed by atoms with E-state index in [1.54, 1.807) is 6.07 Å². The fourth-order valence-corrected chi connectivity index (χ4v) is 4.36. The van der Waals surface area contributed by atoms with Crippen LogP contribution < -0.4 is 5.56 Å². The van der Waals surface area contributed by atoms with Gasteiger partial charge in [-0.05, 0) is 95.1 Å². The van der Waals surface area contributed by atoms with E-state index in [2.05, 4.69) is 11.0 Å². The summed E-state index contributed by atoms with van der Waals surface area (Å²) in [5.41, 5.74) is 3.83. The maximum atomic E-state index is 12.8. The Morgan fingerprint density at radius 3 is 2.32 bits per heavy atom. The van der Waals surface area contributed by atoms with E-state index < -0.39 is 5.60 Å². The number of aromatic nitrogens is 1. The van der Waals surface area contributed by atoms with Crippen molar-refractivity contribution in [1.82, 2.24) is 9.47 Å². The molecule has 31 heavy (non-hydrogen) atoms. The van der Waals surface area contributed by atoms with Crippen molar-refractivity contribution >= 4 is 5.97 Å². The van der Waals surface area contributed by atoms with E-state index in [0.717, 1.165) is 31.6 Å². The Morgan fingerprint density at radius 2 is 1.71 bits per heavy atom. The van der Waals surface area contributed by atoms with Crippen LogP contribution in [-0.4, -0.2) is 34.1 Å². The van der Waals surface area contributed by atoms with Gasteiger partial charge in [-0.15, -0.1) is 0 Å². The Bertz CT molecular complexity index is 975. The van der Waals surface area contributed by atoms with Crippen LogP contribution in [0.3, 0.4) is 0 Å². The number of pyridine rings is 1. The molecule has 0 radical (unpaired) electrons. The summed E-state index contributed by atoms with van der Waals surface area (Å²) in [4.78, 5) is 27.5. The summed E-state index contributed by atoms with van der Waals surface area (Å²) in [5, 5.41) is 0. The average Bonchev–Trinajstić information content (AvgIpc) is 3.42. The molecule has 5 heteroatoms. The van der Waals surface area contributed by atoms with Gasteiger partial charge < -0.3 is 9.30 Å². The number of hydrogen-bond acceptors (Lipinski definition) is 4. The fraction of sp³-hybridized carbons (Fsp3) is 0.538. The molecule has 1 aliphatic carbocycles. The number of aryl methyl sites for hydroxylation is 1. The largest absolute Gasteiger partial charge is 0.456 e. The van der Waals surface area contributed by atoms with Crippen LogP contribution in [-0.2, 0) is 24.2 Å². The molecule has 4 rings (SSSR count). The highest BCUT2D eigenvalue weighted by Gasteiger charge is 2.28. The van der Waals surface area contributed by atoms with Crippen LogP contribution in [0.4, 0.5) is 0 Å². The van der Waals surface area contributed by atoms with Crippen LogP contribution in [0.5, 0.6) is 0 Å². The molecule has 2 aliphatic rings. The van der Waals surface area contributed by atoms with Crippen LogP contribution in [0, 0.1) is 0 Å². The van der Waals surface area contributed by atoms with Gasteiger partial charge in [-0.3, -0.25) is 9.69 Å².